The first-order valence-electron chi connectivity index (χ1n) is 6.54. The van der Waals surface area contributed by atoms with Gasteiger partial charge in [0.05, 0.1) is 4.92 Å². The molecule has 3 heterocycles. The van der Waals surface area contributed by atoms with E-state index in [1.165, 1.54) is 29.3 Å². The molecule has 19 heavy (non-hydrogen) atoms. The number of thiophene rings is 1. The van der Waals surface area contributed by atoms with Crippen LogP contribution in [0.4, 0.5) is 10.7 Å². The molecule has 1 atom stereocenters. The number of piperazine rings is 1. The van der Waals surface area contributed by atoms with Gasteiger partial charge in [0.25, 0.3) is 0 Å². The molecular weight excluding hydrogens is 282 g/mol. The Labute approximate surface area is 120 Å². The fourth-order valence-corrected chi connectivity index (χ4v) is 4.95. The zero-order valence-electron chi connectivity index (χ0n) is 10.7. The van der Waals surface area contributed by atoms with Gasteiger partial charge in [-0.05, 0) is 17.6 Å². The van der Waals surface area contributed by atoms with E-state index in [0.717, 1.165) is 37.2 Å². The summed E-state index contributed by atoms with van der Waals surface area (Å²) in [5.74, 6) is 2.53. The third-order valence-corrected chi connectivity index (χ3v) is 5.95. The first-order valence-corrected chi connectivity index (χ1v) is 8.58. The molecule has 5 nitrogen and oxygen atoms in total. The van der Waals surface area contributed by atoms with Crippen LogP contribution in [0.2, 0.25) is 0 Å². The average Bonchev–Trinajstić information content (AvgIpc) is 3.10. The Morgan fingerprint density at radius 1 is 1.32 bits per heavy atom. The van der Waals surface area contributed by atoms with Crippen molar-refractivity contribution >= 4 is 33.8 Å². The number of nitro groups is 1. The maximum Gasteiger partial charge on any atom is 0.303 e. The molecule has 0 aliphatic carbocycles. The fourth-order valence-electron chi connectivity index (χ4n) is 2.77. The van der Waals surface area contributed by atoms with Crippen molar-refractivity contribution in [3.8, 4) is 0 Å². The minimum Gasteiger partial charge on any atom is -0.355 e. The van der Waals surface area contributed by atoms with Crippen LogP contribution in [0, 0.1) is 10.1 Å². The number of hydrogen-bond acceptors (Lipinski definition) is 6. The van der Waals surface area contributed by atoms with Crippen LogP contribution >= 0.6 is 23.1 Å². The Balaban J connectivity index is 1.63. The maximum absolute atomic E-state index is 11.0. The van der Waals surface area contributed by atoms with Crippen molar-refractivity contribution in [2.45, 2.75) is 12.5 Å². The van der Waals surface area contributed by atoms with Crippen LogP contribution in [0.3, 0.4) is 0 Å². The van der Waals surface area contributed by atoms with Crippen LogP contribution in [0.5, 0.6) is 0 Å². The lowest BCUT2D eigenvalue weighted by atomic mass is 10.2. The van der Waals surface area contributed by atoms with E-state index >= 15 is 0 Å². The summed E-state index contributed by atoms with van der Waals surface area (Å²) in [6, 6.07) is 2.34. The SMILES string of the molecule is O=[N+]([O-])c1ccsc1N1CCN([C@H]2CCSC2)CC1. The summed E-state index contributed by atoms with van der Waals surface area (Å²) in [7, 11) is 0. The van der Waals surface area contributed by atoms with Gasteiger partial charge >= 0.3 is 5.69 Å². The van der Waals surface area contributed by atoms with Gasteiger partial charge in [0.1, 0.15) is 0 Å². The van der Waals surface area contributed by atoms with Gasteiger partial charge < -0.3 is 4.90 Å². The lowest BCUT2D eigenvalue weighted by Gasteiger charge is -2.37. The minimum atomic E-state index is -0.272. The van der Waals surface area contributed by atoms with Crippen LogP contribution in [-0.2, 0) is 0 Å². The molecule has 0 bridgehead atoms. The second kappa shape index (κ2) is 5.68. The molecule has 0 N–H and O–H groups in total. The monoisotopic (exact) mass is 299 g/mol. The molecule has 1 aromatic heterocycles. The van der Waals surface area contributed by atoms with Gasteiger partial charge in [-0.3, -0.25) is 15.0 Å². The van der Waals surface area contributed by atoms with Crippen molar-refractivity contribution in [3.63, 3.8) is 0 Å². The summed E-state index contributed by atoms with van der Waals surface area (Å²) in [6.45, 7) is 3.87. The zero-order chi connectivity index (χ0) is 13.2. The molecule has 0 saturated carbocycles. The molecule has 2 aliphatic heterocycles. The molecule has 2 aliphatic rings. The number of rotatable bonds is 3. The van der Waals surface area contributed by atoms with E-state index < -0.39 is 0 Å². The largest absolute Gasteiger partial charge is 0.355 e. The van der Waals surface area contributed by atoms with E-state index in [1.54, 1.807) is 6.07 Å². The smallest absolute Gasteiger partial charge is 0.303 e. The molecule has 0 aromatic carbocycles. The van der Waals surface area contributed by atoms with E-state index in [1.807, 2.05) is 17.1 Å². The topological polar surface area (TPSA) is 49.6 Å². The van der Waals surface area contributed by atoms with Gasteiger partial charge in [-0.1, -0.05) is 0 Å². The molecule has 0 radical (unpaired) electrons. The Kier molecular flexibility index (Phi) is 3.95. The summed E-state index contributed by atoms with van der Waals surface area (Å²) < 4.78 is 0. The standard InChI is InChI=1S/C12H17N3O2S2/c16-15(17)11-2-8-19-12(11)14-5-3-13(4-6-14)10-1-7-18-9-10/h2,8,10H,1,3-7,9H2/t10-/m0/s1. The molecule has 1 aromatic rings. The number of anilines is 1. The van der Waals surface area contributed by atoms with Crippen molar-refractivity contribution in [1.82, 2.24) is 4.90 Å². The van der Waals surface area contributed by atoms with Gasteiger partial charge in [0, 0.05) is 44.0 Å². The summed E-state index contributed by atoms with van der Waals surface area (Å²) in [4.78, 5) is 15.4. The molecular formula is C12H17N3O2S2. The van der Waals surface area contributed by atoms with Crippen molar-refractivity contribution in [1.29, 1.82) is 0 Å². The van der Waals surface area contributed by atoms with Gasteiger partial charge in [0.15, 0.2) is 5.00 Å². The highest BCUT2D eigenvalue weighted by Crippen LogP contribution is 2.35. The van der Waals surface area contributed by atoms with E-state index in [2.05, 4.69) is 9.80 Å². The van der Waals surface area contributed by atoms with Gasteiger partial charge in [-0.2, -0.15) is 11.8 Å². The van der Waals surface area contributed by atoms with E-state index in [9.17, 15) is 10.1 Å². The third-order valence-electron chi connectivity index (χ3n) is 3.84. The molecule has 7 heteroatoms. The van der Waals surface area contributed by atoms with Crippen LogP contribution in [0.25, 0.3) is 0 Å². The van der Waals surface area contributed by atoms with Gasteiger partial charge in [0.2, 0.25) is 0 Å². The second-order valence-electron chi connectivity index (χ2n) is 4.91. The second-order valence-corrected chi connectivity index (χ2v) is 6.95. The highest BCUT2D eigenvalue weighted by atomic mass is 32.2. The van der Waals surface area contributed by atoms with Crippen LogP contribution in [-0.4, -0.2) is 53.5 Å². The number of thioether (sulfide) groups is 1. The first kappa shape index (κ1) is 13.2. The molecule has 2 saturated heterocycles. The Morgan fingerprint density at radius 2 is 2.11 bits per heavy atom. The molecule has 0 unspecified atom stereocenters. The summed E-state index contributed by atoms with van der Waals surface area (Å²) >= 11 is 3.52. The predicted molar refractivity (Wildman–Crippen MR) is 80.5 cm³/mol. The predicted octanol–water partition coefficient (Wildman–Crippen LogP) is 2.28. The Bertz CT molecular complexity index is 452. The summed E-state index contributed by atoms with van der Waals surface area (Å²) in [5, 5.41) is 13.6. The van der Waals surface area contributed by atoms with E-state index in [-0.39, 0.29) is 10.6 Å². The van der Waals surface area contributed by atoms with Crippen molar-refractivity contribution in [2.24, 2.45) is 0 Å². The molecule has 3 rings (SSSR count). The number of nitrogens with zero attached hydrogens (tertiary/aromatic N) is 3. The third kappa shape index (κ3) is 2.73. The minimum absolute atomic E-state index is 0.259. The lowest BCUT2D eigenvalue weighted by molar-refractivity contribution is -0.383. The summed E-state index contributed by atoms with van der Waals surface area (Å²) in [5.41, 5.74) is 0.259. The quantitative estimate of drug-likeness (QED) is 0.633. The Hall–Kier alpha value is -0.790. The molecule has 0 amide bonds. The lowest BCUT2D eigenvalue weighted by Crippen LogP contribution is -2.50. The number of hydrogen-bond donors (Lipinski definition) is 0. The van der Waals surface area contributed by atoms with Gasteiger partial charge in [-0.15, -0.1) is 11.3 Å². The fraction of sp³-hybridized carbons (Fsp3) is 0.667. The molecule has 0 spiro atoms. The van der Waals surface area contributed by atoms with Crippen molar-refractivity contribution in [2.75, 3.05) is 42.6 Å². The van der Waals surface area contributed by atoms with Crippen LogP contribution in [0.1, 0.15) is 6.42 Å². The van der Waals surface area contributed by atoms with Gasteiger partial charge in [-0.25, -0.2) is 0 Å². The summed E-state index contributed by atoms with van der Waals surface area (Å²) in [6.07, 6.45) is 1.30. The Morgan fingerprint density at radius 3 is 2.74 bits per heavy atom. The van der Waals surface area contributed by atoms with Crippen LogP contribution in [0.15, 0.2) is 11.4 Å². The van der Waals surface area contributed by atoms with Crippen molar-refractivity contribution in [3.05, 3.63) is 21.6 Å². The highest BCUT2D eigenvalue weighted by Gasteiger charge is 2.29. The highest BCUT2D eigenvalue weighted by molar-refractivity contribution is 7.99. The molecule has 2 fully saturated rings. The first-order chi connectivity index (χ1) is 9.25. The average molecular weight is 299 g/mol. The normalized spacial score (nSPS) is 24.8. The zero-order valence-corrected chi connectivity index (χ0v) is 12.3. The van der Waals surface area contributed by atoms with E-state index in [0.29, 0.717) is 0 Å². The van der Waals surface area contributed by atoms with Crippen LogP contribution < -0.4 is 4.90 Å². The molecule has 104 valence electrons. The van der Waals surface area contributed by atoms with Crippen molar-refractivity contribution < 1.29 is 4.92 Å². The van der Waals surface area contributed by atoms with E-state index in [4.69, 9.17) is 0 Å². The maximum atomic E-state index is 11.0.